The van der Waals surface area contributed by atoms with Crippen LogP contribution in [0.3, 0.4) is 0 Å². The van der Waals surface area contributed by atoms with Crippen LogP contribution < -0.4 is 0 Å². The Kier molecular flexibility index (Phi) is 4.94. The average Bonchev–Trinajstić information content (AvgIpc) is 2.78. The number of amides is 1. The maximum Gasteiger partial charge on any atom is 0.272 e. The van der Waals surface area contributed by atoms with E-state index in [2.05, 4.69) is 23.7 Å². The number of carbonyl (C=O) groups excluding carboxylic acids is 1. The quantitative estimate of drug-likeness (QED) is 0.678. The van der Waals surface area contributed by atoms with E-state index in [0.717, 1.165) is 43.4 Å². The number of pyridine rings is 1. The van der Waals surface area contributed by atoms with Crippen molar-refractivity contribution in [1.29, 1.82) is 0 Å². The number of likely N-dealkylation sites (tertiary alicyclic amines) is 2. The molecule has 2 saturated heterocycles. The minimum absolute atomic E-state index is 0.0295. The molecule has 5 rings (SSSR count). The fourth-order valence-corrected chi connectivity index (χ4v) is 5.40. The summed E-state index contributed by atoms with van der Waals surface area (Å²) < 4.78 is 0. The Hall–Kier alpha value is -2.92. The standard InChI is InChI=1S/C26H29N3O2/c1-18(2)29-17-26(24(29)20-7-10-21(30)11-8-20)13-15-28(16-14-26)25(31)23-12-9-19-5-3-4-6-22(19)27-23/h3-12,18,24,30H,13-17H2,1-2H3. The molecule has 31 heavy (non-hydrogen) atoms. The van der Waals surface area contributed by atoms with Crippen LogP contribution in [0.5, 0.6) is 5.75 Å². The van der Waals surface area contributed by atoms with Gasteiger partial charge >= 0.3 is 0 Å². The molecule has 0 aliphatic carbocycles. The van der Waals surface area contributed by atoms with Gasteiger partial charge in [0.05, 0.1) is 5.52 Å². The van der Waals surface area contributed by atoms with Crippen molar-refractivity contribution in [3.63, 3.8) is 0 Å². The molecule has 0 bridgehead atoms. The third kappa shape index (κ3) is 3.47. The van der Waals surface area contributed by atoms with Crippen LogP contribution in [0, 0.1) is 5.41 Å². The number of aromatic nitrogens is 1. The van der Waals surface area contributed by atoms with Gasteiger partial charge in [0, 0.05) is 42.5 Å². The van der Waals surface area contributed by atoms with E-state index in [1.807, 2.05) is 53.4 Å². The molecule has 2 aliphatic heterocycles. The van der Waals surface area contributed by atoms with Gasteiger partial charge in [-0.3, -0.25) is 9.69 Å². The molecule has 160 valence electrons. The van der Waals surface area contributed by atoms with Crippen LogP contribution in [0.4, 0.5) is 0 Å². The van der Waals surface area contributed by atoms with Gasteiger partial charge in [0.2, 0.25) is 0 Å². The summed E-state index contributed by atoms with van der Waals surface area (Å²) in [6.45, 7) is 7.06. The average molecular weight is 416 g/mol. The second kappa shape index (κ2) is 7.65. The van der Waals surface area contributed by atoms with Crippen molar-refractivity contribution in [2.24, 2.45) is 5.41 Å². The summed E-state index contributed by atoms with van der Waals surface area (Å²) in [7, 11) is 0. The van der Waals surface area contributed by atoms with E-state index in [9.17, 15) is 9.90 Å². The number of nitrogens with zero attached hydrogens (tertiary/aromatic N) is 3. The summed E-state index contributed by atoms with van der Waals surface area (Å²) in [4.78, 5) is 22.3. The van der Waals surface area contributed by atoms with E-state index in [1.165, 1.54) is 5.56 Å². The van der Waals surface area contributed by atoms with Crippen LogP contribution in [0.1, 0.15) is 48.8 Å². The van der Waals surface area contributed by atoms with Gasteiger partial charge < -0.3 is 10.0 Å². The fraction of sp³-hybridized carbons (Fsp3) is 0.385. The van der Waals surface area contributed by atoms with Crippen LogP contribution in [0.2, 0.25) is 0 Å². The number of aromatic hydroxyl groups is 1. The van der Waals surface area contributed by atoms with Crippen molar-refractivity contribution >= 4 is 16.8 Å². The largest absolute Gasteiger partial charge is 0.508 e. The van der Waals surface area contributed by atoms with Gasteiger partial charge in [-0.25, -0.2) is 4.98 Å². The number of piperidine rings is 1. The Morgan fingerprint density at radius 2 is 1.74 bits per heavy atom. The van der Waals surface area contributed by atoms with Crippen molar-refractivity contribution in [2.75, 3.05) is 19.6 Å². The lowest BCUT2D eigenvalue weighted by Gasteiger charge is -2.62. The fourth-order valence-electron chi connectivity index (χ4n) is 5.40. The number of phenols is 1. The molecular formula is C26H29N3O2. The van der Waals surface area contributed by atoms with Gasteiger partial charge in [0.25, 0.3) is 5.91 Å². The minimum atomic E-state index is 0.0295. The SMILES string of the molecule is CC(C)N1CC2(CCN(C(=O)c3ccc4ccccc4n3)CC2)C1c1ccc(O)cc1. The summed E-state index contributed by atoms with van der Waals surface area (Å²) in [5.41, 5.74) is 2.84. The van der Waals surface area contributed by atoms with Crippen molar-refractivity contribution in [3.8, 4) is 5.75 Å². The Labute approximate surface area is 183 Å². The van der Waals surface area contributed by atoms with Gasteiger partial charge in [-0.2, -0.15) is 0 Å². The predicted molar refractivity (Wildman–Crippen MR) is 122 cm³/mol. The third-order valence-electron chi connectivity index (χ3n) is 7.15. The van der Waals surface area contributed by atoms with Gasteiger partial charge in [-0.05, 0) is 56.5 Å². The Morgan fingerprint density at radius 3 is 2.45 bits per heavy atom. The van der Waals surface area contributed by atoms with Gasteiger partial charge in [-0.15, -0.1) is 0 Å². The Morgan fingerprint density at radius 1 is 1.03 bits per heavy atom. The first-order valence-electron chi connectivity index (χ1n) is 11.2. The molecule has 2 aromatic carbocycles. The zero-order chi connectivity index (χ0) is 21.6. The number of phenolic OH excluding ortho intramolecular Hbond substituents is 1. The molecule has 1 unspecified atom stereocenters. The van der Waals surface area contributed by atoms with Crippen LogP contribution in [0.15, 0.2) is 60.7 Å². The summed E-state index contributed by atoms with van der Waals surface area (Å²) in [6.07, 6.45) is 1.97. The monoisotopic (exact) mass is 415 g/mol. The predicted octanol–water partition coefficient (Wildman–Crippen LogP) is 4.63. The number of hydrogen-bond donors (Lipinski definition) is 1. The second-order valence-corrected chi connectivity index (χ2v) is 9.30. The molecule has 1 amide bonds. The molecule has 0 saturated carbocycles. The highest BCUT2D eigenvalue weighted by Crippen LogP contribution is 2.55. The number of hydrogen-bond acceptors (Lipinski definition) is 4. The zero-order valence-electron chi connectivity index (χ0n) is 18.2. The molecule has 3 aromatic rings. The van der Waals surface area contributed by atoms with Crippen molar-refractivity contribution in [3.05, 3.63) is 71.9 Å². The third-order valence-corrected chi connectivity index (χ3v) is 7.15. The molecule has 1 aromatic heterocycles. The summed E-state index contributed by atoms with van der Waals surface area (Å²) in [5, 5.41) is 10.8. The number of carbonyl (C=O) groups is 1. The summed E-state index contributed by atoms with van der Waals surface area (Å²) in [6, 6.07) is 20.2. The van der Waals surface area contributed by atoms with Gasteiger partial charge in [0.1, 0.15) is 11.4 Å². The zero-order valence-corrected chi connectivity index (χ0v) is 18.2. The topological polar surface area (TPSA) is 56.7 Å². The molecule has 1 spiro atoms. The van der Waals surface area contributed by atoms with Gasteiger partial charge in [-0.1, -0.05) is 36.4 Å². The molecule has 0 radical (unpaired) electrons. The van der Waals surface area contributed by atoms with Crippen molar-refractivity contribution < 1.29 is 9.90 Å². The number of rotatable bonds is 3. The van der Waals surface area contributed by atoms with E-state index in [0.29, 0.717) is 23.5 Å². The molecule has 2 fully saturated rings. The molecule has 5 nitrogen and oxygen atoms in total. The first kappa shape index (κ1) is 20.0. The van der Waals surface area contributed by atoms with Crippen LogP contribution in [0.25, 0.3) is 10.9 Å². The maximum absolute atomic E-state index is 13.1. The van der Waals surface area contributed by atoms with Crippen molar-refractivity contribution in [2.45, 2.75) is 38.8 Å². The van der Waals surface area contributed by atoms with E-state index in [1.54, 1.807) is 12.1 Å². The molecule has 3 heterocycles. The molecular weight excluding hydrogens is 386 g/mol. The molecule has 5 heteroatoms. The Balaban J connectivity index is 1.33. The number of para-hydroxylation sites is 1. The van der Waals surface area contributed by atoms with Crippen LogP contribution in [-0.4, -0.2) is 51.5 Å². The normalized spacial score (nSPS) is 20.9. The smallest absolute Gasteiger partial charge is 0.272 e. The molecule has 1 N–H and O–H groups in total. The number of fused-ring (bicyclic) bond motifs is 1. The minimum Gasteiger partial charge on any atom is -0.508 e. The first-order valence-corrected chi connectivity index (χ1v) is 11.2. The van der Waals surface area contributed by atoms with E-state index < -0.39 is 0 Å². The lowest BCUT2D eigenvalue weighted by molar-refractivity contribution is -0.124. The highest BCUT2D eigenvalue weighted by molar-refractivity contribution is 5.95. The highest BCUT2D eigenvalue weighted by atomic mass is 16.3. The second-order valence-electron chi connectivity index (χ2n) is 9.30. The van der Waals surface area contributed by atoms with Crippen molar-refractivity contribution in [1.82, 2.24) is 14.8 Å². The lowest BCUT2D eigenvalue weighted by Crippen LogP contribution is -2.64. The number of benzene rings is 2. The maximum atomic E-state index is 13.1. The highest BCUT2D eigenvalue weighted by Gasteiger charge is 2.54. The van der Waals surface area contributed by atoms with Crippen LogP contribution in [-0.2, 0) is 0 Å². The first-order chi connectivity index (χ1) is 15.0. The molecule has 2 aliphatic rings. The van der Waals surface area contributed by atoms with E-state index in [-0.39, 0.29) is 11.3 Å². The lowest BCUT2D eigenvalue weighted by atomic mass is 9.62. The van der Waals surface area contributed by atoms with E-state index >= 15 is 0 Å². The van der Waals surface area contributed by atoms with Crippen LogP contribution >= 0.6 is 0 Å². The summed E-state index contributed by atoms with van der Waals surface area (Å²) >= 11 is 0. The van der Waals surface area contributed by atoms with E-state index in [4.69, 9.17) is 0 Å². The Bertz CT molecular complexity index is 1100. The van der Waals surface area contributed by atoms with Gasteiger partial charge in [0.15, 0.2) is 0 Å². The summed E-state index contributed by atoms with van der Waals surface area (Å²) in [5.74, 6) is 0.332. The molecule has 1 atom stereocenters.